The summed E-state index contributed by atoms with van der Waals surface area (Å²) in [4.78, 5) is 12.3. The Kier molecular flexibility index (Phi) is 6.37. The van der Waals surface area contributed by atoms with Gasteiger partial charge >= 0.3 is 0 Å². The Balaban J connectivity index is 0.00000242. The third-order valence-electron chi connectivity index (χ3n) is 3.81. The highest BCUT2D eigenvalue weighted by Crippen LogP contribution is 2.21. The number of halogens is 1. The highest BCUT2D eigenvalue weighted by molar-refractivity contribution is 7.89. The Morgan fingerprint density at radius 1 is 1.36 bits per heavy atom. The first-order chi connectivity index (χ1) is 9.82. The van der Waals surface area contributed by atoms with E-state index >= 15 is 0 Å². The van der Waals surface area contributed by atoms with Crippen LogP contribution in [0.1, 0.15) is 6.92 Å². The van der Waals surface area contributed by atoms with Gasteiger partial charge in [-0.25, -0.2) is 12.7 Å². The summed E-state index contributed by atoms with van der Waals surface area (Å²) in [6.07, 6.45) is 0. The summed E-state index contributed by atoms with van der Waals surface area (Å²) in [6.45, 7) is 3.59. The minimum absolute atomic E-state index is 0. The molecule has 1 fully saturated rings. The molecule has 1 aromatic carbocycles. The number of carbonyl (C=O) groups is 1. The number of nitrogens with zero attached hydrogens (tertiary/aromatic N) is 1. The standard InChI is InChI=1S/C14H21N3O3S.ClH/c1-10(11-8-15-9-11)14(18)16-12-5-4-6-13(7-12)21(19,20)17(2)3;/h4-7,10-11,15H,8-9H2,1-3H3,(H,16,18);1H. The fraction of sp³-hybridized carbons (Fsp3) is 0.500. The maximum absolute atomic E-state index is 12.1. The summed E-state index contributed by atoms with van der Waals surface area (Å²) in [7, 11) is -0.536. The average molecular weight is 348 g/mol. The molecule has 1 aliphatic rings. The summed E-state index contributed by atoms with van der Waals surface area (Å²) >= 11 is 0. The molecule has 0 spiro atoms. The second-order valence-electron chi connectivity index (χ2n) is 5.51. The lowest BCUT2D eigenvalue weighted by molar-refractivity contribution is -0.121. The Morgan fingerprint density at radius 3 is 2.50 bits per heavy atom. The van der Waals surface area contributed by atoms with Gasteiger partial charge in [0.2, 0.25) is 15.9 Å². The van der Waals surface area contributed by atoms with Crippen molar-refractivity contribution in [1.29, 1.82) is 0 Å². The zero-order valence-corrected chi connectivity index (χ0v) is 14.5. The zero-order valence-electron chi connectivity index (χ0n) is 12.9. The van der Waals surface area contributed by atoms with Crippen LogP contribution in [0.3, 0.4) is 0 Å². The molecule has 1 amide bonds. The molecule has 0 radical (unpaired) electrons. The van der Waals surface area contributed by atoms with E-state index in [9.17, 15) is 13.2 Å². The number of hydrogen-bond acceptors (Lipinski definition) is 4. The van der Waals surface area contributed by atoms with Crippen LogP contribution in [0.5, 0.6) is 0 Å². The second-order valence-corrected chi connectivity index (χ2v) is 7.66. The highest BCUT2D eigenvalue weighted by Gasteiger charge is 2.28. The van der Waals surface area contributed by atoms with Crippen LogP contribution >= 0.6 is 12.4 Å². The van der Waals surface area contributed by atoms with Gasteiger partial charge in [0.05, 0.1) is 4.90 Å². The van der Waals surface area contributed by atoms with Crippen LogP contribution in [-0.2, 0) is 14.8 Å². The van der Waals surface area contributed by atoms with E-state index in [2.05, 4.69) is 10.6 Å². The fourth-order valence-corrected chi connectivity index (χ4v) is 3.03. The van der Waals surface area contributed by atoms with E-state index in [1.807, 2.05) is 6.92 Å². The number of benzene rings is 1. The van der Waals surface area contributed by atoms with Crippen LogP contribution in [-0.4, -0.2) is 45.8 Å². The molecule has 6 nitrogen and oxygen atoms in total. The predicted molar refractivity (Wildman–Crippen MR) is 88.7 cm³/mol. The van der Waals surface area contributed by atoms with Gasteiger partial charge in [-0.3, -0.25) is 4.79 Å². The molecule has 1 atom stereocenters. The van der Waals surface area contributed by atoms with Crippen molar-refractivity contribution >= 4 is 34.0 Å². The summed E-state index contributed by atoms with van der Waals surface area (Å²) < 4.78 is 25.3. The molecule has 0 bridgehead atoms. The van der Waals surface area contributed by atoms with Crippen LogP contribution in [0.4, 0.5) is 5.69 Å². The lowest BCUT2D eigenvalue weighted by Crippen LogP contribution is -2.48. The second kappa shape index (κ2) is 7.41. The molecule has 124 valence electrons. The average Bonchev–Trinajstić information content (AvgIpc) is 2.36. The number of sulfonamides is 1. The van der Waals surface area contributed by atoms with Gasteiger partial charge in [-0.1, -0.05) is 13.0 Å². The van der Waals surface area contributed by atoms with Crippen LogP contribution < -0.4 is 10.6 Å². The van der Waals surface area contributed by atoms with Gasteiger partial charge in [0.1, 0.15) is 0 Å². The van der Waals surface area contributed by atoms with E-state index in [1.54, 1.807) is 12.1 Å². The smallest absolute Gasteiger partial charge is 0.242 e. The van der Waals surface area contributed by atoms with Crippen molar-refractivity contribution < 1.29 is 13.2 Å². The summed E-state index contributed by atoms with van der Waals surface area (Å²) in [5.41, 5.74) is 0.502. The van der Waals surface area contributed by atoms with Gasteiger partial charge in [-0.2, -0.15) is 0 Å². The summed E-state index contributed by atoms with van der Waals surface area (Å²) in [5, 5.41) is 5.93. The third-order valence-corrected chi connectivity index (χ3v) is 5.62. The van der Waals surface area contributed by atoms with Crippen molar-refractivity contribution in [3.8, 4) is 0 Å². The number of nitrogens with one attached hydrogen (secondary N) is 2. The predicted octanol–water partition coefficient (Wildman–Crippen LogP) is 1.15. The van der Waals surface area contributed by atoms with Gasteiger partial charge in [0.15, 0.2) is 0 Å². The van der Waals surface area contributed by atoms with E-state index < -0.39 is 10.0 Å². The van der Waals surface area contributed by atoms with Crippen LogP contribution in [0.15, 0.2) is 29.2 Å². The number of hydrogen-bond donors (Lipinski definition) is 2. The lowest BCUT2D eigenvalue weighted by atomic mass is 9.88. The maximum Gasteiger partial charge on any atom is 0.242 e. The normalized spacial score (nSPS) is 16.5. The van der Waals surface area contributed by atoms with Crippen molar-refractivity contribution in [1.82, 2.24) is 9.62 Å². The zero-order chi connectivity index (χ0) is 15.6. The van der Waals surface area contributed by atoms with Gasteiger partial charge in [-0.05, 0) is 37.2 Å². The number of carbonyl (C=O) groups excluding carboxylic acids is 1. The van der Waals surface area contributed by atoms with E-state index in [0.29, 0.717) is 11.6 Å². The van der Waals surface area contributed by atoms with E-state index in [4.69, 9.17) is 0 Å². The molecule has 2 N–H and O–H groups in total. The molecule has 0 aromatic heterocycles. The molecule has 8 heteroatoms. The molecular formula is C14H22ClN3O3S. The van der Waals surface area contributed by atoms with Crippen LogP contribution in [0.25, 0.3) is 0 Å². The third kappa shape index (κ3) is 3.98. The molecular weight excluding hydrogens is 326 g/mol. The molecule has 1 aromatic rings. The van der Waals surface area contributed by atoms with Crippen molar-refractivity contribution in [3.63, 3.8) is 0 Å². The maximum atomic E-state index is 12.1. The number of rotatable bonds is 5. The van der Waals surface area contributed by atoms with Crippen molar-refractivity contribution in [2.45, 2.75) is 11.8 Å². The van der Waals surface area contributed by atoms with Gasteiger partial charge < -0.3 is 10.6 Å². The molecule has 22 heavy (non-hydrogen) atoms. The first-order valence-electron chi connectivity index (χ1n) is 6.86. The number of amides is 1. The first-order valence-corrected chi connectivity index (χ1v) is 8.30. The fourth-order valence-electron chi connectivity index (χ4n) is 2.08. The lowest BCUT2D eigenvalue weighted by Gasteiger charge is -2.31. The van der Waals surface area contributed by atoms with Gasteiger partial charge in [-0.15, -0.1) is 12.4 Å². The van der Waals surface area contributed by atoms with E-state index in [1.165, 1.54) is 26.2 Å². The van der Waals surface area contributed by atoms with Gasteiger partial charge in [0, 0.05) is 25.7 Å². The number of anilines is 1. The minimum atomic E-state index is -3.49. The van der Waals surface area contributed by atoms with Crippen molar-refractivity contribution in [2.24, 2.45) is 11.8 Å². The van der Waals surface area contributed by atoms with E-state index in [0.717, 1.165) is 17.4 Å². The quantitative estimate of drug-likeness (QED) is 0.837. The van der Waals surface area contributed by atoms with Crippen molar-refractivity contribution in [3.05, 3.63) is 24.3 Å². The van der Waals surface area contributed by atoms with Gasteiger partial charge in [0.25, 0.3) is 0 Å². The topological polar surface area (TPSA) is 78.5 Å². The minimum Gasteiger partial charge on any atom is -0.326 e. The Bertz CT molecular complexity index is 630. The highest BCUT2D eigenvalue weighted by atomic mass is 35.5. The monoisotopic (exact) mass is 347 g/mol. The largest absolute Gasteiger partial charge is 0.326 e. The molecule has 1 unspecified atom stereocenters. The molecule has 1 aliphatic heterocycles. The molecule has 0 aliphatic carbocycles. The summed E-state index contributed by atoms with van der Waals surface area (Å²) in [6, 6.07) is 6.32. The Labute approximate surface area is 137 Å². The Hall–Kier alpha value is -1.15. The first kappa shape index (κ1) is 18.9. The molecule has 1 saturated heterocycles. The van der Waals surface area contributed by atoms with Crippen molar-refractivity contribution in [2.75, 3.05) is 32.5 Å². The summed E-state index contributed by atoms with van der Waals surface area (Å²) in [5.74, 6) is 0.167. The molecule has 2 rings (SSSR count). The van der Waals surface area contributed by atoms with E-state index in [-0.39, 0.29) is 29.1 Å². The SMILES string of the molecule is CC(C(=O)Nc1cccc(S(=O)(=O)N(C)C)c1)C1CNC1.Cl. The Morgan fingerprint density at radius 2 is 2.00 bits per heavy atom. The molecule has 1 heterocycles. The van der Waals surface area contributed by atoms with Crippen LogP contribution in [0.2, 0.25) is 0 Å². The molecule has 0 saturated carbocycles. The van der Waals surface area contributed by atoms with Crippen LogP contribution in [0, 0.1) is 11.8 Å².